The molecule has 2 atom stereocenters. The van der Waals surface area contributed by atoms with Gasteiger partial charge in [-0.15, -0.1) is 0 Å². The molecule has 0 spiro atoms. The van der Waals surface area contributed by atoms with Gasteiger partial charge in [0.05, 0.1) is 7.11 Å². The van der Waals surface area contributed by atoms with Crippen LogP contribution < -0.4 is 4.74 Å². The fraction of sp³-hybridized carbons (Fsp3) is 0.500. The van der Waals surface area contributed by atoms with E-state index in [1.165, 1.54) is 13.2 Å². The highest BCUT2D eigenvalue weighted by atomic mass is 16.5. The molecule has 1 aromatic carbocycles. The second-order valence-electron chi connectivity index (χ2n) is 4.48. The van der Waals surface area contributed by atoms with Crippen molar-refractivity contribution >= 4 is 0 Å². The van der Waals surface area contributed by atoms with Crippen molar-refractivity contribution in [2.45, 2.75) is 31.1 Å². The average molecular weight is 206 g/mol. The molecule has 15 heavy (non-hydrogen) atoms. The van der Waals surface area contributed by atoms with Gasteiger partial charge in [0.25, 0.3) is 0 Å². The largest absolute Gasteiger partial charge is 0.508 e. The number of hydrogen-bond acceptors (Lipinski definition) is 3. The zero-order valence-electron chi connectivity index (χ0n) is 8.66. The molecule has 0 unspecified atom stereocenters. The summed E-state index contributed by atoms with van der Waals surface area (Å²) in [7, 11) is 1.51. The zero-order chi connectivity index (χ0) is 10.6. The first-order valence-electron chi connectivity index (χ1n) is 5.35. The topological polar surface area (TPSA) is 49.7 Å². The van der Waals surface area contributed by atoms with Gasteiger partial charge in [0.15, 0.2) is 11.5 Å². The summed E-state index contributed by atoms with van der Waals surface area (Å²) in [5, 5.41) is 19.9. The van der Waals surface area contributed by atoms with Gasteiger partial charge in [0, 0.05) is 17.2 Å². The van der Waals surface area contributed by atoms with E-state index in [9.17, 15) is 10.2 Å². The van der Waals surface area contributed by atoms with Gasteiger partial charge in [0.2, 0.25) is 0 Å². The van der Waals surface area contributed by atoms with Crippen molar-refractivity contribution in [1.29, 1.82) is 0 Å². The molecule has 2 bridgehead atoms. The number of ether oxygens (including phenoxy) is 1. The predicted octanol–water partition coefficient (Wildman–Crippen LogP) is 2.47. The Morgan fingerprint density at radius 1 is 1.20 bits per heavy atom. The van der Waals surface area contributed by atoms with Crippen LogP contribution in [0, 0.1) is 0 Å². The van der Waals surface area contributed by atoms with Gasteiger partial charge in [-0.25, -0.2) is 0 Å². The van der Waals surface area contributed by atoms with E-state index in [0.717, 1.165) is 30.4 Å². The lowest BCUT2D eigenvalue weighted by molar-refractivity contribution is 0.362. The molecule has 0 aliphatic heterocycles. The molecule has 80 valence electrons. The maximum Gasteiger partial charge on any atom is 0.164 e. The second kappa shape index (κ2) is 2.81. The first kappa shape index (κ1) is 8.89. The molecule has 0 aromatic heterocycles. The summed E-state index contributed by atoms with van der Waals surface area (Å²) in [4.78, 5) is 0. The highest BCUT2D eigenvalue weighted by Gasteiger charge is 2.41. The Kier molecular flexibility index (Phi) is 1.67. The molecule has 2 aliphatic rings. The van der Waals surface area contributed by atoms with Gasteiger partial charge in [-0.3, -0.25) is 0 Å². The third-order valence-corrected chi connectivity index (χ3v) is 3.79. The predicted molar refractivity (Wildman–Crippen MR) is 55.7 cm³/mol. The molecule has 1 saturated carbocycles. The van der Waals surface area contributed by atoms with E-state index in [-0.39, 0.29) is 11.5 Å². The smallest absolute Gasteiger partial charge is 0.164 e. The van der Waals surface area contributed by atoms with Crippen LogP contribution in [0.15, 0.2) is 6.07 Å². The minimum Gasteiger partial charge on any atom is -0.508 e. The minimum absolute atomic E-state index is 0.234. The van der Waals surface area contributed by atoms with Crippen molar-refractivity contribution in [3.05, 3.63) is 17.2 Å². The Morgan fingerprint density at radius 3 is 2.53 bits per heavy atom. The number of phenols is 2. The second-order valence-corrected chi connectivity index (χ2v) is 4.48. The molecule has 2 N–H and O–H groups in total. The van der Waals surface area contributed by atoms with E-state index in [1.807, 2.05) is 0 Å². The van der Waals surface area contributed by atoms with Crippen LogP contribution in [0.25, 0.3) is 0 Å². The number of methoxy groups -OCH3 is 1. The van der Waals surface area contributed by atoms with Crippen LogP contribution in [-0.4, -0.2) is 17.3 Å². The SMILES string of the molecule is COc1cc(O)c2c(c1O)[C@@H]1CC[C@H]2C1. The summed E-state index contributed by atoms with van der Waals surface area (Å²) in [5.74, 6) is 1.77. The normalized spacial score (nSPS) is 26.7. The molecule has 0 amide bonds. The summed E-state index contributed by atoms with van der Waals surface area (Å²) >= 11 is 0. The average Bonchev–Trinajstić information content (AvgIpc) is 2.83. The molecule has 1 aromatic rings. The maximum absolute atomic E-state index is 10.0. The molecule has 3 rings (SSSR count). The molecule has 1 fully saturated rings. The Hall–Kier alpha value is -1.38. The van der Waals surface area contributed by atoms with Crippen molar-refractivity contribution in [3.63, 3.8) is 0 Å². The number of benzene rings is 1. The zero-order valence-corrected chi connectivity index (χ0v) is 8.66. The standard InChI is InChI=1S/C12H14O3/c1-15-9-5-8(13)10-6-2-3-7(4-6)11(10)12(9)14/h5-7,13-14H,2-4H2,1H3/t6-,7+/m0/s1. The highest BCUT2D eigenvalue weighted by molar-refractivity contribution is 5.61. The van der Waals surface area contributed by atoms with Crippen LogP contribution in [0.3, 0.4) is 0 Å². The van der Waals surface area contributed by atoms with Crippen LogP contribution in [0.1, 0.15) is 42.2 Å². The quantitative estimate of drug-likeness (QED) is 0.694. The fourth-order valence-electron chi connectivity index (χ4n) is 3.17. The first-order chi connectivity index (χ1) is 7.22. The van der Waals surface area contributed by atoms with E-state index in [1.54, 1.807) is 0 Å². The monoisotopic (exact) mass is 206 g/mol. The van der Waals surface area contributed by atoms with Crippen LogP contribution in [-0.2, 0) is 0 Å². The Labute approximate surface area is 88.3 Å². The molecular weight excluding hydrogens is 192 g/mol. The van der Waals surface area contributed by atoms with Gasteiger partial charge in [-0.2, -0.15) is 0 Å². The van der Waals surface area contributed by atoms with Crippen LogP contribution in [0.5, 0.6) is 17.2 Å². The van der Waals surface area contributed by atoms with Crippen LogP contribution >= 0.6 is 0 Å². The van der Waals surface area contributed by atoms with E-state index < -0.39 is 0 Å². The molecule has 0 radical (unpaired) electrons. The number of phenolic OH excluding ortho intramolecular Hbond substituents is 2. The van der Waals surface area contributed by atoms with Gasteiger partial charge < -0.3 is 14.9 Å². The third-order valence-electron chi connectivity index (χ3n) is 3.79. The van der Waals surface area contributed by atoms with Crippen LogP contribution in [0.4, 0.5) is 0 Å². The Balaban J connectivity index is 2.26. The molecule has 3 nitrogen and oxygen atoms in total. The number of hydrogen-bond donors (Lipinski definition) is 2. The summed E-state index contributed by atoms with van der Waals surface area (Å²) in [6.45, 7) is 0. The highest BCUT2D eigenvalue weighted by Crippen LogP contribution is 2.60. The van der Waals surface area contributed by atoms with Gasteiger partial charge in [-0.1, -0.05) is 0 Å². The van der Waals surface area contributed by atoms with Crippen molar-refractivity contribution in [1.82, 2.24) is 0 Å². The summed E-state index contributed by atoms with van der Waals surface area (Å²) in [6, 6.07) is 1.52. The number of fused-ring (bicyclic) bond motifs is 5. The van der Waals surface area contributed by atoms with Crippen molar-refractivity contribution in [2.75, 3.05) is 7.11 Å². The molecule has 3 heteroatoms. The lowest BCUT2D eigenvalue weighted by atomic mass is 9.90. The summed E-state index contributed by atoms with van der Waals surface area (Å²) < 4.78 is 5.05. The van der Waals surface area contributed by atoms with Crippen molar-refractivity contribution in [2.24, 2.45) is 0 Å². The lowest BCUT2D eigenvalue weighted by Gasteiger charge is -2.19. The Morgan fingerprint density at radius 2 is 1.87 bits per heavy atom. The molecular formula is C12H14O3. The minimum atomic E-state index is 0.234. The number of rotatable bonds is 1. The molecule has 2 aliphatic carbocycles. The molecule has 0 saturated heterocycles. The fourth-order valence-corrected chi connectivity index (χ4v) is 3.17. The van der Waals surface area contributed by atoms with Gasteiger partial charge in [0.1, 0.15) is 5.75 Å². The van der Waals surface area contributed by atoms with Crippen LogP contribution in [0.2, 0.25) is 0 Å². The number of aromatic hydroxyl groups is 2. The Bertz CT molecular complexity index is 425. The van der Waals surface area contributed by atoms with Gasteiger partial charge in [-0.05, 0) is 31.1 Å². The van der Waals surface area contributed by atoms with Crippen molar-refractivity contribution < 1.29 is 14.9 Å². The molecule has 0 heterocycles. The van der Waals surface area contributed by atoms with E-state index in [0.29, 0.717) is 17.6 Å². The summed E-state index contributed by atoms with van der Waals surface area (Å²) in [5.41, 5.74) is 1.90. The van der Waals surface area contributed by atoms with Gasteiger partial charge >= 0.3 is 0 Å². The third kappa shape index (κ3) is 1.01. The van der Waals surface area contributed by atoms with E-state index in [4.69, 9.17) is 4.74 Å². The van der Waals surface area contributed by atoms with E-state index in [2.05, 4.69) is 0 Å². The summed E-state index contributed by atoms with van der Waals surface area (Å²) in [6.07, 6.45) is 3.33. The van der Waals surface area contributed by atoms with Crippen molar-refractivity contribution in [3.8, 4) is 17.2 Å². The first-order valence-corrected chi connectivity index (χ1v) is 5.35. The lowest BCUT2D eigenvalue weighted by Crippen LogP contribution is -2.00. The maximum atomic E-state index is 10.0. The van der Waals surface area contributed by atoms with E-state index >= 15 is 0 Å².